The van der Waals surface area contributed by atoms with E-state index in [1.54, 1.807) is 29.2 Å². The van der Waals surface area contributed by atoms with Gasteiger partial charge in [0, 0.05) is 35.1 Å². The smallest absolute Gasteiger partial charge is 0.276 e. The summed E-state index contributed by atoms with van der Waals surface area (Å²) in [6.07, 6.45) is 2.48. The summed E-state index contributed by atoms with van der Waals surface area (Å²) < 4.78 is 19.2. The Hall–Kier alpha value is -2.09. The molecule has 0 radical (unpaired) electrons. The lowest BCUT2D eigenvalue weighted by Gasteiger charge is -2.13. The van der Waals surface area contributed by atoms with E-state index in [-0.39, 0.29) is 11.7 Å². The minimum Gasteiger partial charge on any atom is -0.382 e. The van der Waals surface area contributed by atoms with Crippen LogP contribution in [0.25, 0.3) is 16.5 Å². The Morgan fingerprint density at radius 3 is 2.88 bits per heavy atom. The van der Waals surface area contributed by atoms with Crippen LogP contribution in [0, 0.1) is 5.82 Å². The number of thiophene rings is 1. The number of carbonyl (C=O) groups is 1. The maximum Gasteiger partial charge on any atom is 0.276 e. The fraction of sp³-hybridized carbons (Fsp3) is 0.263. The topological polar surface area (TPSA) is 41.6 Å². The maximum atomic E-state index is 13.9. The van der Waals surface area contributed by atoms with Gasteiger partial charge in [-0.1, -0.05) is 18.2 Å². The first kappa shape index (κ1) is 18.7. The van der Waals surface area contributed by atoms with Gasteiger partial charge in [-0.25, -0.2) is 4.39 Å². The van der Waals surface area contributed by atoms with Gasteiger partial charge in [-0.3, -0.25) is 9.69 Å². The highest BCUT2D eigenvalue weighted by Crippen LogP contribution is 2.31. The van der Waals surface area contributed by atoms with Crippen molar-refractivity contribution in [1.29, 1.82) is 0 Å². The third-order valence-electron chi connectivity index (χ3n) is 3.89. The van der Waals surface area contributed by atoms with Crippen LogP contribution in [0.3, 0.4) is 0 Å². The molecule has 2 heterocycles. The quantitative estimate of drug-likeness (QED) is 0.440. The fourth-order valence-electron chi connectivity index (χ4n) is 2.62. The molecule has 4 nitrogen and oxygen atoms in total. The van der Waals surface area contributed by atoms with Crippen molar-refractivity contribution in [3.63, 3.8) is 0 Å². The molecule has 2 aromatic rings. The molecule has 1 N–H and O–H groups in total. The van der Waals surface area contributed by atoms with Crippen LogP contribution >= 0.6 is 23.6 Å². The highest BCUT2D eigenvalue weighted by Gasteiger charge is 2.30. The van der Waals surface area contributed by atoms with E-state index in [1.165, 1.54) is 17.4 Å². The number of hydrogen-bond donors (Lipinski definition) is 1. The zero-order valence-corrected chi connectivity index (χ0v) is 16.0. The number of rotatable bonds is 7. The molecule has 0 atom stereocenters. The lowest BCUT2D eigenvalue weighted by molar-refractivity contribution is -0.122. The van der Waals surface area contributed by atoms with Crippen molar-refractivity contribution >= 4 is 40.7 Å². The summed E-state index contributed by atoms with van der Waals surface area (Å²) >= 11 is 6.68. The van der Waals surface area contributed by atoms with Crippen molar-refractivity contribution in [1.82, 2.24) is 10.2 Å². The Kier molecular flexibility index (Phi) is 6.13. The number of carbonyl (C=O) groups excluding carboxylic acids is 1. The molecule has 136 valence electrons. The van der Waals surface area contributed by atoms with E-state index < -0.39 is 0 Å². The summed E-state index contributed by atoms with van der Waals surface area (Å²) in [5, 5.41) is 3.37. The second-order valence-electron chi connectivity index (χ2n) is 5.68. The van der Waals surface area contributed by atoms with E-state index in [0.717, 1.165) is 16.2 Å². The Balaban J connectivity index is 1.72. The molecule has 1 aromatic carbocycles. The molecule has 0 unspecified atom stereocenters. The van der Waals surface area contributed by atoms with E-state index in [4.69, 9.17) is 17.0 Å². The van der Waals surface area contributed by atoms with Crippen LogP contribution < -0.4 is 5.32 Å². The largest absolute Gasteiger partial charge is 0.382 e. The standard InChI is InChI=1S/C19H19FN2O2S2/c1-2-24-11-5-10-22-18(23)16(21-19(22)25)12-13-8-9-17(26-13)14-6-3-4-7-15(14)20/h3-4,6-9,12H,2,5,10-11H2,1H3,(H,21,25). The Morgan fingerprint density at radius 1 is 1.31 bits per heavy atom. The number of nitrogens with zero attached hydrogens (tertiary/aromatic N) is 1. The highest BCUT2D eigenvalue weighted by atomic mass is 32.1. The van der Waals surface area contributed by atoms with E-state index in [2.05, 4.69) is 5.32 Å². The average Bonchev–Trinajstić information content (AvgIpc) is 3.19. The number of thiocarbonyl (C=S) groups is 1. The van der Waals surface area contributed by atoms with Gasteiger partial charge in [0.15, 0.2) is 5.11 Å². The van der Waals surface area contributed by atoms with Crippen LogP contribution in [0.4, 0.5) is 4.39 Å². The predicted molar refractivity (Wildman–Crippen MR) is 106 cm³/mol. The van der Waals surface area contributed by atoms with E-state index in [9.17, 15) is 9.18 Å². The van der Waals surface area contributed by atoms with Gasteiger partial charge in [0.05, 0.1) is 0 Å². The Bertz CT molecular complexity index is 848. The van der Waals surface area contributed by atoms with Gasteiger partial charge >= 0.3 is 0 Å². The lowest BCUT2D eigenvalue weighted by Crippen LogP contribution is -2.32. The van der Waals surface area contributed by atoms with Gasteiger partial charge in [0.25, 0.3) is 5.91 Å². The van der Waals surface area contributed by atoms with Crippen LogP contribution in [0.5, 0.6) is 0 Å². The zero-order valence-electron chi connectivity index (χ0n) is 14.3. The van der Waals surface area contributed by atoms with Crippen LogP contribution in [0.15, 0.2) is 42.1 Å². The summed E-state index contributed by atoms with van der Waals surface area (Å²) in [6.45, 7) is 3.71. The van der Waals surface area contributed by atoms with Crippen molar-refractivity contribution in [3.05, 3.63) is 52.8 Å². The van der Waals surface area contributed by atoms with Crippen molar-refractivity contribution < 1.29 is 13.9 Å². The molecule has 0 spiro atoms. The molecule has 26 heavy (non-hydrogen) atoms. The number of amides is 1. The molecule has 0 bridgehead atoms. The molecule has 1 amide bonds. The molecule has 3 rings (SSSR count). The average molecular weight is 391 g/mol. The minimum absolute atomic E-state index is 0.146. The molecule has 1 aromatic heterocycles. The number of benzene rings is 1. The third-order valence-corrected chi connectivity index (χ3v) is 5.28. The van der Waals surface area contributed by atoms with Gasteiger partial charge < -0.3 is 10.1 Å². The van der Waals surface area contributed by atoms with Gasteiger partial charge in [0.2, 0.25) is 0 Å². The summed E-state index contributed by atoms with van der Waals surface area (Å²) in [4.78, 5) is 15.7. The normalized spacial score (nSPS) is 15.8. The summed E-state index contributed by atoms with van der Waals surface area (Å²) in [5.41, 5.74) is 0.995. The van der Waals surface area contributed by atoms with Gasteiger partial charge in [-0.15, -0.1) is 11.3 Å². The van der Waals surface area contributed by atoms with Crippen LogP contribution in [0.1, 0.15) is 18.2 Å². The monoisotopic (exact) mass is 390 g/mol. The first-order valence-corrected chi connectivity index (χ1v) is 9.59. The third kappa shape index (κ3) is 4.17. The first-order valence-electron chi connectivity index (χ1n) is 8.37. The van der Waals surface area contributed by atoms with Crippen molar-refractivity contribution in [2.75, 3.05) is 19.8 Å². The minimum atomic E-state index is -0.259. The maximum absolute atomic E-state index is 13.9. The van der Waals surface area contributed by atoms with Crippen LogP contribution in [-0.4, -0.2) is 35.7 Å². The Labute approximate surface area is 161 Å². The lowest BCUT2D eigenvalue weighted by atomic mass is 10.2. The molecule has 1 saturated heterocycles. The molecular weight excluding hydrogens is 371 g/mol. The van der Waals surface area contributed by atoms with Gasteiger partial charge in [-0.2, -0.15) is 0 Å². The van der Waals surface area contributed by atoms with Crippen LogP contribution in [0.2, 0.25) is 0 Å². The zero-order chi connectivity index (χ0) is 18.5. The number of ether oxygens (including phenoxy) is 1. The molecule has 1 fully saturated rings. The molecule has 0 saturated carbocycles. The first-order chi connectivity index (χ1) is 12.6. The molecule has 7 heteroatoms. The van der Waals surface area contributed by atoms with E-state index in [0.29, 0.717) is 36.1 Å². The molecule has 1 aliphatic heterocycles. The summed E-state index contributed by atoms with van der Waals surface area (Å²) in [7, 11) is 0. The highest BCUT2D eigenvalue weighted by molar-refractivity contribution is 7.80. The second kappa shape index (κ2) is 8.53. The van der Waals surface area contributed by atoms with Gasteiger partial charge in [0.1, 0.15) is 11.5 Å². The fourth-order valence-corrected chi connectivity index (χ4v) is 3.88. The van der Waals surface area contributed by atoms with E-state index in [1.807, 2.05) is 19.1 Å². The molecule has 1 aliphatic rings. The number of hydrogen-bond acceptors (Lipinski definition) is 4. The Morgan fingerprint density at radius 2 is 2.12 bits per heavy atom. The van der Waals surface area contributed by atoms with Crippen molar-refractivity contribution in [3.8, 4) is 10.4 Å². The predicted octanol–water partition coefficient (Wildman–Crippen LogP) is 4.04. The van der Waals surface area contributed by atoms with Crippen molar-refractivity contribution in [2.24, 2.45) is 0 Å². The summed E-state index contributed by atoms with van der Waals surface area (Å²) in [6, 6.07) is 10.4. The molecular formula is C19H19FN2O2S2. The number of nitrogens with one attached hydrogen (secondary N) is 1. The molecule has 0 aliphatic carbocycles. The number of halogens is 1. The second-order valence-corrected chi connectivity index (χ2v) is 7.18. The van der Waals surface area contributed by atoms with E-state index >= 15 is 0 Å². The van der Waals surface area contributed by atoms with Crippen LogP contribution in [-0.2, 0) is 9.53 Å². The van der Waals surface area contributed by atoms with Crippen molar-refractivity contribution in [2.45, 2.75) is 13.3 Å². The van der Waals surface area contributed by atoms with Gasteiger partial charge in [-0.05, 0) is 49.8 Å². The SMILES string of the molecule is CCOCCCN1C(=O)C(=Cc2ccc(-c3ccccc3F)s2)NC1=S. The summed E-state index contributed by atoms with van der Waals surface area (Å²) in [5.74, 6) is -0.405.